The Bertz CT molecular complexity index is 571. The number of carbonyl (C=O) groups excluding carboxylic acids is 2. The highest BCUT2D eigenvalue weighted by Gasteiger charge is 2.16. The molecule has 1 N–H and O–H groups in total. The SMILES string of the molecule is CCN(CC)C(=O)CCCC(=O)NC(C)c1cc(OC)ccc1OC. The van der Waals surface area contributed by atoms with Crippen molar-refractivity contribution in [1.29, 1.82) is 0 Å². The number of ether oxygens (including phenoxy) is 2. The molecule has 1 aromatic carbocycles. The minimum absolute atomic E-state index is 0.0790. The third kappa shape index (κ3) is 6.29. The Labute approximate surface area is 150 Å². The minimum Gasteiger partial charge on any atom is -0.497 e. The highest BCUT2D eigenvalue weighted by atomic mass is 16.5. The second-order valence-electron chi connectivity index (χ2n) is 5.82. The molecular formula is C19H30N2O4. The predicted octanol–water partition coefficient (Wildman–Crippen LogP) is 2.92. The number of amides is 2. The quantitative estimate of drug-likeness (QED) is 0.704. The molecule has 6 heteroatoms. The van der Waals surface area contributed by atoms with Crippen LogP contribution in [0.5, 0.6) is 11.5 Å². The van der Waals surface area contributed by atoms with Gasteiger partial charge in [0.15, 0.2) is 0 Å². The molecule has 1 unspecified atom stereocenters. The lowest BCUT2D eigenvalue weighted by Crippen LogP contribution is -2.31. The summed E-state index contributed by atoms with van der Waals surface area (Å²) in [5, 5.41) is 2.95. The van der Waals surface area contributed by atoms with Crippen molar-refractivity contribution < 1.29 is 19.1 Å². The van der Waals surface area contributed by atoms with Crippen LogP contribution in [0, 0.1) is 0 Å². The number of rotatable bonds is 10. The Balaban J connectivity index is 2.55. The topological polar surface area (TPSA) is 67.9 Å². The van der Waals surface area contributed by atoms with Crippen LogP contribution >= 0.6 is 0 Å². The van der Waals surface area contributed by atoms with E-state index >= 15 is 0 Å². The number of hydrogen-bond donors (Lipinski definition) is 1. The van der Waals surface area contributed by atoms with Gasteiger partial charge in [0.2, 0.25) is 11.8 Å². The summed E-state index contributed by atoms with van der Waals surface area (Å²) >= 11 is 0. The normalized spacial score (nSPS) is 11.6. The van der Waals surface area contributed by atoms with Crippen LogP contribution in [0.25, 0.3) is 0 Å². The average molecular weight is 350 g/mol. The molecule has 0 spiro atoms. The van der Waals surface area contributed by atoms with Crippen LogP contribution in [-0.2, 0) is 9.59 Å². The van der Waals surface area contributed by atoms with Gasteiger partial charge in [-0.1, -0.05) is 0 Å². The second-order valence-corrected chi connectivity index (χ2v) is 5.82. The average Bonchev–Trinajstić information content (AvgIpc) is 2.62. The van der Waals surface area contributed by atoms with Gasteiger partial charge in [-0.05, 0) is 45.4 Å². The third-order valence-electron chi connectivity index (χ3n) is 4.19. The largest absolute Gasteiger partial charge is 0.497 e. The first-order chi connectivity index (χ1) is 12.0. The van der Waals surface area contributed by atoms with Gasteiger partial charge in [0, 0.05) is 31.5 Å². The Hall–Kier alpha value is -2.24. The second kappa shape index (κ2) is 10.6. The monoisotopic (exact) mass is 350 g/mol. The molecule has 140 valence electrons. The lowest BCUT2D eigenvalue weighted by atomic mass is 10.1. The van der Waals surface area contributed by atoms with E-state index in [0.717, 1.165) is 5.56 Å². The van der Waals surface area contributed by atoms with Gasteiger partial charge >= 0.3 is 0 Å². The van der Waals surface area contributed by atoms with Crippen LogP contribution in [0.2, 0.25) is 0 Å². The van der Waals surface area contributed by atoms with Gasteiger partial charge in [0.05, 0.1) is 20.3 Å². The zero-order chi connectivity index (χ0) is 18.8. The summed E-state index contributed by atoms with van der Waals surface area (Å²) in [4.78, 5) is 25.9. The number of methoxy groups -OCH3 is 2. The summed E-state index contributed by atoms with van der Waals surface area (Å²) in [6.45, 7) is 7.22. The predicted molar refractivity (Wildman–Crippen MR) is 97.9 cm³/mol. The van der Waals surface area contributed by atoms with Crippen molar-refractivity contribution in [3.05, 3.63) is 23.8 Å². The molecule has 0 saturated carbocycles. The van der Waals surface area contributed by atoms with Gasteiger partial charge in [-0.3, -0.25) is 9.59 Å². The van der Waals surface area contributed by atoms with Crippen LogP contribution < -0.4 is 14.8 Å². The van der Waals surface area contributed by atoms with Crippen molar-refractivity contribution in [3.63, 3.8) is 0 Å². The minimum atomic E-state index is -0.212. The standard InChI is InChI=1S/C19H30N2O4/c1-6-21(7-2)19(23)10-8-9-18(22)20-14(3)16-13-15(24-4)11-12-17(16)25-5/h11-14H,6-10H2,1-5H3,(H,20,22). The van der Waals surface area contributed by atoms with Crippen LogP contribution in [-0.4, -0.2) is 44.0 Å². The first-order valence-corrected chi connectivity index (χ1v) is 8.75. The number of nitrogens with one attached hydrogen (secondary N) is 1. The fourth-order valence-corrected chi connectivity index (χ4v) is 2.70. The van der Waals surface area contributed by atoms with Crippen molar-refractivity contribution in [3.8, 4) is 11.5 Å². The van der Waals surface area contributed by atoms with Crippen molar-refractivity contribution >= 4 is 11.8 Å². The molecule has 0 radical (unpaired) electrons. The van der Waals surface area contributed by atoms with Crippen molar-refractivity contribution in [2.24, 2.45) is 0 Å². The highest BCUT2D eigenvalue weighted by Crippen LogP contribution is 2.29. The van der Waals surface area contributed by atoms with E-state index in [0.29, 0.717) is 43.9 Å². The van der Waals surface area contributed by atoms with E-state index in [4.69, 9.17) is 9.47 Å². The van der Waals surface area contributed by atoms with Gasteiger partial charge in [-0.25, -0.2) is 0 Å². The molecule has 2 amide bonds. The zero-order valence-electron chi connectivity index (χ0n) is 15.9. The van der Waals surface area contributed by atoms with Gasteiger partial charge < -0.3 is 19.7 Å². The van der Waals surface area contributed by atoms with Crippen molar-refractivity contribution in [2.45, 2.75) is 46.1 Å². The summed E-state index contributed by atoms with van der Waals surface area (Å²) < 4.78 is 10.6. The van der Waals surface area contributed by atoms with Crippen LogP contribution in [0.1, 0.15) is 51.6 Å². The van der Waals surface area contributed by atoms with Crippen molar-refractivity contribution in [1.82, 2.24) is 10.2 Å². The molecule has 0 saturated heterocycles. The molecule has 0 aromatic heterocycles. The highest BCUT2D eigenvalue weighted by molar-refractivity contribution is 5.79. The lowest BCUT2D eigenvalue weighted by Gasteiger charge is -2.19. The van der Waals surface area contributed by atoms with E-state index in [1.807, 2.05) is 39.0 Å². The molecule has 0 heterocycles. The summed E-state index contributed by atoms with van der Waals surface area (Å²) in [6, 6.07) is 5.28. The van der Waals surface area contributed by atoms with E-state index in [-0.39, 0.29) is 17.9 Å². The van der Waals surface area contributed by atoms with Crippen LogP contribution in [0.3, 0.4) is 0 Å². The smallest absolute Gasteiger partial charge is 0.222 e. The molecule has 0 aliphatic heterocycles. The Morgan fingerprint density at radius 1 is 1.12 bits per heavy atom. The number of nitrogens with zero attached hydrogens (tertiary/aromatic N) is 1. The van der Waals surface area contributed by atoms with Crippen LogP contribution in [0.15, 0.2) is 18.2 Å². The summed E-state index contributed by atoms with van der Waals surface area (Å²) in [7, 11) is 3.19. The Kier molecular flexibility index (Phi) is 8.81. The van der Waals surface area contributed by atoms with Crippen molar-refractivity contribution in [2.75, 3.05) is 27.3 Å². The molecule has 0 fully saturated rings. The first kappa shape index (κ1) is 20.8. The van der Waals surface area contributed by atoms with E-state index in [1.165, 1.54) is 0 Å². The lowest BCUT2D eigenvalue weighted by molar-refractivity contribution is -0.131. The number of carbonyl (C=O) groups is 2. The van der Waals surface area contributed by atoms with Crippen LogP contribution in [0.4, 0.5) is 0 Å². The van der Waals surface area contributed by atoms with Gasteiger partial charge in [-0.15, -0.1) is 0 Å². The summed E-state index contributed by atoms with van der Waals surface area (Å²) in [6.07, 6.45) is 1.26. The maximum absolute atomic E-state index is 12.2. The fourth-order valence-electron chi connectivity index (χ4n) is 2.70. The third-order valence-corrected chi connectivity index (χ3v) is 4.19. The fraction of sp³-hybridized carbons (Fsp3) is 0.579. The molecule has 0 bridgehead atoms. The number of hydrogen-bond acceptors (Lipinski definition) is 4. The molecule has 0 aliphatic rings. The zero-order valence-corrected chi connectivity index (χ0v) is 15.9. The summed E-state index contributed by atoms with van der Waals surface area (Å²) in [5.74, 6) is 1.43. The maximum Gasteiger partial charge on any atom is 0.222 e. The molecule has 1 aromatic rings. The molecule has 1 atom stereocenters. The van der Waals surface area contributed by atoms with E-state index < -0.39 is 0 Å². The van der Waals surface area contributed by atoms with Gasteiger partial charge in [-0.2, -0.15) is 0 Å². The Morgan fingerprint density at radius 2 is 1.80 bits per heavy atom. The van der Waals surface area contributed by atoms with Gasteiger partial charge in [0.1, 0.15) is 11.5 Å². The first-order valence-electron chi connectivity index (χ1n) is 8.75. The van der Waals surface area contributed by atoms with E-state index in [9.17, 15) is 9.59 Å². The number of benzene rings is 1. The summed E-state index contributed by atoms with van der Waals surface area (Å²) in [5.41, 5.74) is 0.856. The van der Waals surface area contributed by atoms with E-state index in [2.05, 4.69) is 5.32 Å². The van der Waals surface area contributed by atoms with E-state index in [1.54, 1.807) is 19.1 Å². The molecule has 25 heavy (non-hydrogen) atoms. The molecule has 1 rings (SSSR count). The molecular weight excluding hydrogens is 320 g/mol. The molecule has 6 nitrogen and oxygen atoms in total. The maximum atomic E-state index is 12.2. The Morgan fingerprint density at radius 3 is 2.36 bits per heavy atom. The molecule has 0 aliphatic carbocycles. The van der Waals surface area contributed by atoms with Gasteiger partial charge in [0.25, 0.3) is 0 Å².